The Morgan fingerprint density at radius 1 is 1.23 bits per heavy atom. The summed E-state index contributed by atoms with van der Waals surface area (Å²) in [6, 6.07) is 6.17. The summed E-state index contributed by atoms with van der Waals surface area (Å²) in [6.45, 7) is 4.90. The highest BCUT2D eigenvalue weighted by molar-refractivity contribution is 7.10. The highest BCUT2D eigenvalue weighted by Crippen LogP contribution is 2.36. The Balaban J connectivity index is 1.34. The number of hydrogen-bond donors (Lipinski definition) is 2. The highest BCUT2D eigenvalue weighted by Gasteiger charge is 2.34. The first kappa shape index (κ1) is 20.1. The van der Waals surface area contributed by atoms with E-state index in [-0.39, 0.29) is 12.1 Å². The Bertz CT molecular complexity index is 1050. The number of nitrogens with zero attached hydrogens (tertiary/aromatic N) is 4. The van der Waals surface area contributed by atoms with Gasteiger partial charge in [0.1, 0.15) is 5.00 Å². The minimum Gasteiger partial charge on any atom is -0.389 e. The van der Waals surface area contributed by atoms with E-state index in [1.165, 1.54) is 11.5 Å². The van der Waals surface area contributed by atoms with Crippen LogP contribution < -0.4 is 5.32 Å². The molecule has 9 heteroatoms. The molecule has 0 amide bonds. The number of benzene rings is 1. The topological polar surface area (TPSA) is 83.4 Å². The van der Waals surface area contributed by atoms with E-state index in [0.717, 1.165) is 58.1 Å². The summed E-state index contributed by atoms with van der Waals surface area (Å²) in [5.74, 6) is 0.942. The fraction of sp³-hybridized carbons (Fsp3) is 0.476. The molecule has 5 rings (SSSR count). The maximum Gasteiger partial charge on any atom is 0.228 e. The van der Waals surface area contributed by atoms with Crippen LogP contribution in [-0.2, 0) is 4.74 Å². The summed E-state index contributed by atoms with van der Waals surface area (Å²) in [4.78, 5) is 11.5. The maximum absolute atomic E-state index is 10.1. The van der Waals surface area contributed by atoms with Gasteiger partial charge in [-0.25, -0.2) is 9.97 Å². The normalized spacial score (nSPS) is 23.3. The van der Waals surface area contributed by atoms with E-state index in [9.17, 15) is 5.11 Å². The van der Waals surface area contributed by atoms with Crippen molar-refractivity contribution in [3.63, 3.8) is 0 Å². The van der Waals surface area contributed by atoms with Crippen molar-refractivity contribution < 1.29 is 9.84 Å². The highest BCUT2D eigenvalue weighted by atomic mass is 35.5. The molecule has 3 aromatic rings. The Morgan fingerprint density at radius 2 is 2.07 bits per heavy atom. The molecule has 2 aromatic heterocycles. The van der Waals surface area contributed by atoms with E-state index in [4.69, 9.17) is 21.3 Å². The summed E-state index contributed by atoms with van der Waals surface area (Å²) < 4.78 is 9.70. The van der Waals surface area contributed by atoms with Crippen molar-refractivity contribution in [2.75, 3.05) is 31.6 Å². The van der Waals surface area contributed by atoms with Crippen molar-refractivity contribution in [2.24, 2.45) is 0 Å². The monoisotopic (exact) mass is 445 g/mol. The largest absolute Gasteiger partial charge is 0.389 e. The lowest BCUT2D eigenvalue weighted by Gasteiger charge is -2.36. The summed E-state index contributed by atoms with van der Waals surface area (Å²) in [7, 11) is 0. The Labute approximate surface area is 184 Å². The van der Waals surface area contributed by atoms with Crippen molar-refractivity contribution in [3.05, 3.63) is 40.7 Å². The van der Waals surface area contributed by atoms with Crippen molar-refractivity contribution in [1.29, 1.82) is 0 Å². The third-order valence-corrected chi connectivity index (χ3v) is 7.14. The molecule has 4 heterocycles. The lowest BCUT2D eigenvalue weighted by atomic mass is 9.88. The van der Waals surface area contributed by atoms with Crippen molar-refractivity contribution in [1.82, 2.24) is 19.2 Å². The molecule has 2 N–H and O–H groups in total. The second kappa shape index (κ2) is 8.36. The first-order valence-electron chi connectivity index (χ1n) is 10.2. The summed E-state index contributed by atoms with van der Waals surface area (Å²) in [5, 5.41) is 16.0. The molecule has 2 atom stereocenters. The average Bonchev–Trinajstić information content (AvgIpc) is 3.36. The van der Waals surface area contributed by atoms with Gasteiger partial charge in [0.2, 0.25) is 5.95 Å². The van der Waals surface area contributed by atoms with Crippen LogP contribution in [0.4, 0.5) is 10.9 Å². The maximum atomic E-state index is 10.1. The van der Waals surface area contributed by atoms with Crippen LogP contribution in [-0.4, -0.2) is 62.8 Å². The number of aliphatic hydroxyl groups excluding tert-OH is 1. The number of likely N-dealkylation sites (tertiary alicyclic amines) is 1. The molecular formula is C21H24ClN5O2S. The molecule has 2 aliphatic rings. The molecule has 0 saturated carbocycles. The second-order valence-corrected chi connectivity index (χ2v) is 9.28. The average molecular weight is 446 g/mol. The van der Waals surface area contributed by atoms with Gasteiger partial charge in [0.05, 0.1) is 36.6 Å². The number of anilines is 2. The molecular weight excluding hydrogens is 422 g/mol. The SMILES string of the molecule is Cc1cc(Nc2ncc3cc(Cl)c(C4CCN(C5COC[C@H]5O)CC4)cc3n2)sn1. The minimum absolute atomic E-state index is 0.120. The Morgan fingerprint density at radius 3 is 2.77 bits per heavy atom. The Kier molecular flexibility index (Phi) is 5.59. The number of aryl methyl sites for hydroxylation is 1. The van der Waals surface area contributed by atoms with Gasteiger partial charge in [-0.05, 0) is 74.1 Å². The molecule has 0 bridgehead atoms. The molecule has 2 fully saturated rings. The van der Waals surface area contributed by atoms with Gasteiger partial charge in [-0.3, -0.25) is 4.90 Å². The summed E-state index contributed by atoms with van der Waals surface area (Å²) in [6.07, 6.45) is 3.43. The van der Waals surface area contributed by atoms with Gasteiger partial charge < -0.3 is 15.2 Å². The van der Waals surface area contributed by atoms with Crippen LogP contribution in [0.2, 0.25) is 5.02 Å². The Hall–Kier alpha value is -1.84. The summed E-state index contributed by atoms with van der Waals surface area (Å²) in [5.41, 5.74) is 3.00. The van der Waals surface area contributed by atoms with Gasteiger partial charge in [-0.15, -0.1) is 0 Å². The second-order valence-electron chi connectivity index (χ2n) is 8.07. The number of rotatable bonds is 4. The standard InChI is InChI=1S/C21H24ClN5O2S/c1-12-6-20(30-26-12)25-21-23-9-14-7-16(22)15(8-17(14)24-21)13-2-4-27(5-3-13)18-10-29-11-19(18)28/h6-9,13,18-19,28H,2-5,10-11H2,1H3,(H,23,24,25)/t18?,19-/m1/s1. The van der Waals surface area contributed by atoms with Crippen LogP contribution in [0.1, 0.15) is 30.0 Å². The smallest absolute Gasteiger partial charge is 0.228 e. The van der Waals surface area contributed by atoms with Gasteiger partial charge in [0, 0.05) is 16.6 Å². The van der Waals surface area contributed by atoms with E-state index in [2.05, 4.69) is 25.6 Å². The fourth-order valence-electron chi connectivity index (χ4n) is 4.40. The van der Waals surface area contributed by atoms with E-state index in [1.807, 2.05) is 19.1 Å². The molecule has 2 saturated heterocycles. The van der Waals surface area contributed by atoms with E-state index in [0.29, 0.717) is 25.1 Å². The molecule has 0 radical (unpaired) electrons. The predicted molar refractivity (Wildman–Crippen MR) is 119 cm³/mol. The molecule has 30 heavy (non-hydrogen) atoms. The quantitative estimate of drug-likeness (QED) is 0.633. The number of halogens is 1. The molecule has 1 unspecified atom stereocenters. The predicted octanol–water partition coefficient (Wildman–Crippen LogP) is 3.73. The lowest BCUT2D eigenvalue weighted by Crippen LogP contribution is -2.46. The van der Waals surface area contributed by atoms with Gasteiger partial charge in [-0.1, -0.05) is 11.6 Å². The van der Waals surface area contributed by atoms with Gasteiger partial charge in [-0.2, -0.15) is 4.37 Å². The molecule has 0 spiro atoms. The zero-order chi connectivity index (χ0) is 20.7. The first-order chi connectivity index (χ1) is 14.6. The molecule has 2 aliphatic heterocycles. The lowest BCUT2D eigenvalue weighted by molar-refractivity contribution is 0.0663. The zero-order valence-electron chi connectivity index (χ0n) is 16.7. The number of hydrogen-bond acceptors (Lipinski definition) is 8. The van der Waals surface area contributed by atoms with Crippen LogP contribution in [0.5, 0.6) is 0 Å². The zero-order valence-corrected chi connectivity index (χ0v) is 18.3. The van der Waals surface area contributed by atoms with Crippen molar-refractivity contribution in [2.45, 2.75) is 37.8 Å². The fourth-order valence-corrected chi connectivity index (χ4v) is 5.38. The van der Waals surface area contributed by atoms with Gasteiger partial charge in [0.25, 0.3) is 0 Å². The molecule has 1 aromatic carbocycles. The minimum atomic E-state index is -0.379. The molecule has 158 valence electrons. The van der Waals surface area contributed by atoms with Crippen molar-refractivity contribution >= 4 is 45.0 Å². The number of nitrogens with one attached hydrogen (secondary N) is 1. The number of fused-ring (bicyclic) bond motifs is 1. The number of aromatic nitrogens is 3. The first-order valence-corrected chi connectivity index (χ1v) is 11.4. The number of piperidine rings is 1. The summed E-state index contributed by atoms with van der Waals surface area (Å²) >= 11 is 8.04. The number of ether oxygens (including phenoxy) is 1. The van der Waals surface area contributed by atoms with E-state index < -0.39 is 0 Å². The van der Waals surface area contributed by atoms with Gasteiger partial charge in [0.15, 0.2) is 0 Å². The van der Waals surface area contributed by atoms with Crippen molar-refractivity contribution in [3.8, 4) is 0 Å². The van der Waals surface area contributed by atoms with E-state index in [1.54, 1.807) is 6.20 Å². The van der Waals surface area contributed by atoms with Crippen LogP contribution >= 0.6 is 23.1 Å². The third kappa shape index (κ3) is 4.02. The third-order valence-electron chi connectivity index (χ3n) is 6.02. The van der Waals surface area contributed by atoms with Crippen LogP contribution in [0, 0.1) is 6.92 Å². The number of aliphatic hydroxyl groups is 1. The van der Waals surface area contributed by atoms with Gasteiger partial charge >= 0.3 is 0 Å². The van der Waals surface area contributed by atoms with Crippen LogP contribution in [0.25, 0.3) is 10.9 Å². The molecule has 0 aliphatic carbocycles. The van der Waals surface area contributed by atoms with E-state index >= 15 is 0 Å². The molecule has 7 nitrogen and oxygen atoms in total. The van der Waals surface area contributed by atoms with Crippen LogP contribution in [0.15, 0.2) is 24.4 Å². The van der Waals surface area contributed by atoms with Crippen LogP contribution in [0.3, 0.4) is 0 Å².